The Morgan fingerprint density at radius 2 is 1.93 bits per heavy atom. The van der Waals surface area contributed by atoms with E-state index in [-0.39, 0.29) is 16.8 Å². The summed E-state index contributed by atoms with van der Waals surface area (Å²) in [6.07, 6.45) is 0.930. The van der Waals surface area contributed by atoms with Crippen molar-refractivity contribution in [3.05, 3.63) is 62.7 Å². The van der Waals surface area contributed by atoms with Crippen molar-refractivity contribution in [2.75, 3.05) is 0 Å². The average molecular weight is 392 g/mol. The molecule has 4 rings (SSSR count). The maximum atomic E-state index is 13.4. The van der Waals surface area contributed by atoms with Crippen LogP contribution in [-0.4, -0.2) is 33.8 Å². The van der Waals surface area contributed by atoms with Crippen molar-refractivity contribution in [3.63, 3.8) is 0 Å². The summed E-state index contributed by atoms with van der Waals surface area (Å²) in [4.78, 5) is 29.9. The van der Waals surface area contributed by atoms with Crippen LogP contribution in [0, 0.1) is 5.82 Å². The van der Waals surface area contributed by atoms with Crippen molar-refractivity contribution < 1.29 is 21.8 Å². The van der Waals surface area contributed by atoms with Crippen molar-refractivity contribution >= 4 is 38.3 Å². The van der Waals surface area contributed by atoms with Crippen LogP contribution >= 0.6 is 0 Å². The Labute approximate surface area is 148 Å². The number of furan rings is 1. The van der Waals surface area contributed by atoms with Gasteiger partial charge in [0, 0.05) is 10.9 Å². The molecule has 0 bridgehead atoms. The topological polar surface area (TPSA) is 151 Å². The first-order valence-corrected chi connectivity index (χ1v) is 8.76. The second-order valence-corrected chi connectivity index (χ2v) is 6.84. The fraction of sp³-hybridized carbons (Fsp3) is 0. The third-order valence-corrected chi connectivity index (χ3v) is 4.48. The Balaban J connectivity index is 1.85. The SMILES string of the molecule is O=c1[nH]c2c([nH]c3ccc(F)cc32)c(=O)n1/N=C\c1ccc(S(=O)(=O)O)o1. The van der Waals surface area contributed by atoms with Crippen LogP contribution in [0.5, 0.6) is 0 Å². The highest BCUT2D eigenvalue weighted by Gasteiger charge is 2.15. The summed E-state index contributed by atoms with van der Waals surface area (Å²) < 4.78 is 49.6. The smallest absolute Gasteiger partial charge is 0.350 e. The van der Waals surface area contributed by atoms with E-state index in [0.717, 1.165) is 12.3 Å². The van der Waals surface area contributed by atoms with Crippen LogP contribution < -0.4 is 11.2 Å². The molecule has 0 aliphatic heterocycles. The van der Waals surface area contributed by atoms with Crippen molar-refractivity contribution in [1.29, 1.82) is 0 Å². The number of benzene rings is 1. The van der Waals surface area contributed by atoms with Gasteiger partial charge in [-0.25, -0.2) is 9.18 Å². The Morgan fingerprint density at radius 3 is 2.63 bits per heavy atom. The lowest BCUT2D eigenvalue weighted by atomic mass is 10.2. The van der Waals surface area contributed by atoms with Gasteiger partial charge in [0.25, 0.3) is 0 Å². The fourth-order valence-electron chi connectivity index (χ4n) is 2.57. The zero-order valence-electron chi connectivity index (χ0n) is 13.1. The molecule has 0 unspecified atom stereocenters. The number of halogens is 1. The molecule has 3 heterocycles. The largest absolute Gasteiger partial charge is 0.441 e. The zero-order valence-corrected chi connectivity index (χ0v) is 13.9. The molecule has 0 amide bonds. The van der Waals surface area contributed by atoms with Gasteiger partial charge in [-0.1, -0.05) is 0 Å². The van der Waals surface area contributed by atoms with Gasteiger partial charge in [0.2, 0.25) is 5.09 Å². The predicted molar refractivity (Wildman–Crippen MR) is 92.2 cm³/mol. The van der Waals surface area contributed by atoms with Gasteiger partial charge in [-0.3, -0.25) is 9.35 Å². The van der Waals surface area contributed by atoms with Gasteiger partial charge in [0.1, 0.15) is 17.1 Å². The summed E-state index contributed by atoms with van der Waals surface area (Å²) in [6, 6.07) is 5.97. The normalized spacial score (nSPS) is 12.5. The quantitative estimate of drug-likeness (QED) is 0.350. The number of nitrogens with zero attached hydrogens (tertiary/aromatic N) is 2. The maximum absolute atomic E-state index is 13.4. The van der Waals surface area contributed by atoms with Crippen LogP contribution in [0.2, 0.25) is 0 Å². The third-order valence-electron chi connectivity index (χ3n) is 3.75. The minimum Gasteiger partial charge on any atom is -0.441 e. The molecule has 4 aromatic rings. The van der Waals surface area contributed by atoms with E-state index in [4.69, 9.17) is 8.97 Å². The van der Waals surface area contributed by atoms with Gasteiger partial charge >= 0.3 is 21.4 Å². The monoisotopic (exact) mass is 392 g/mol. The number of hydrogen-bond donors (Lipinski definition) is 3. The van der Waals surface area contributed by atoms with Crippen molar-refractivity contribution in [1.82, 2.24) is 14.6 Å². The first-order valence-electron chi connectivity index (χ1n) is 7.32. The Morgan fingerprint density at radius 1 is 1.15 bits per heavy atom. The molecular formula is C15H9FN4O6S. The van der Waals surface area contributed by atoms with Gasteiger partial charge in [-0.15, -0.1) is 4.68 Å². The third kappa shape index (κ3) is 2.86. The summed E-state index contributed by atoms with van der Waals surface area (Å²) in [5.74, 6) is -0.647. The highest BCUT2D eigenvalue weighted by molar-refractivity contribution is 7.85. The van der Waals surface area contributed by atoms with E-state index in [0.29, 0.717) is 15.6 Å². The lowest BCUT2D eigenvalue weighted by Crippen LogP contribution is -2.32. The summed E-state index contributed by atoms with van der Waals surface area (Å²) in [5, 5.41) is 3.30. The molecule has 27 heavy (non-hydrogen) atoms. The first kappa shape index (κ1) is 16.9. The zero-order chi connectivity index (χ0) is 19.3. The summed E-state index contributed by atoms with van der Waals surface area (Å²) >= 11 is 0. The molecular weight excluding hydrogens is 383 g/mol. The molecule has 0 spiro atoms. The molecule has 10 nitrogen and oxygen atoms in total. The number of H-pyrrole nitrogens is 2. The van der Waals surface area contributed by atoms with Crippen LogP contribution in [0.15, 0.2) is 54.5 Å². The highest BCUT2D eigenvalue weighted by atomic mass is 32.2. The number of hydrogen-bond acceptors (Lipinski definition) is 6. The van der Waals surface area contributed by atoms with Crippen molar-refractivity contribution in [2.45, 2.75) is 5.09 Å². The summed E-state index contributed by atoms with van der Waals surface area (Å²) in [7, 11) is -4.53. The number of fused-ring (bicyclic) bond motifs is 3. The predicted octanol–water partition coefficient (Wildman–Crippen LogP) is 1.03. The molecule has 0 radical (unpaired) electrons. The molecule has 0 aliphatic carbocycles. The van der Waals surface area contributed by atoms with E-state index >= 15 is 0 Å². The lowest BCUT2D eigenvalue weighted by Gasteiger charge is -1.97. The molecule has 0 atom stereocenters. The maximum Gasteiger partial charge on any atom is 0.350 e. The van der Waals surface area contributed by atoms with Gasteiger partial charge in [-0.2, -0.15) is 13.5 Å². The van der Waals surface area contributed by atoms with Gasteiger partial charge in [0.15, 0.2) is 0 Å². The first-order chi connectivity index (χ1) is 12.7. The molecule has 12 heteroatoms. The van der Waals surface area contributed by atoms with Gasteiger partial charge in [0.05, 0.1) is 11.7 Å². The van der Waals surface area contributed by atoms with Crippen LogP contribution in [0.4, 0.5) is 4.39 Å². The Hall–Kier alpha value is -3.51. The molecule has 0 aliphatic rings. The van der Waals surface area contributed by atoms with Crippen LogP contribution in [0.1, 0.15) is 5.76 Å². The second kappa shape index (κ2) is 5.75. The molecule has 0 saturated carbocycles. The summed E-state index contributed by atoms with van der Waals surface area (Å²) in [6.45, 7) is 0. The minimum atomic E-state index is -4.53. The Kier molecular flexibility index (Phi) is 3.61. The van der Waals surface area contributed by atoms with E-state index < -0.39 is 32.3 Å². The molecule has 0 saturated heterocycles. The van der Waals surface area contributed by atoms with E-state index in [1.165, 1.54) is 24.3 Å². The number of rotatable bonds is 3. The average Bonchev–Trinajstić information content (AvgIpc) is 3.20. The van der Waals surface area contributed by atoms with Crippen LogP contribution in [-0.2, 0) is 10.1 Å². The van der Waals surface area contributed by atoms with Crippen LogP contribution in [0.3, 0.4) is 0 Å². The van der Waals surface area contributed by atoms with E-state index in [9.17, 15) is 22.4 Å². The van der Waals surface area contributed by atoms with Gasteiger partial charge < -0.3 is 14.4 Å². The minimum absolute atomic E-state index is 0.00502. The second-order valence-electron chi connectivity index (χ2n) is 5.49. The lowest BCUT2D eigenvalue weighted by molar-refractivity contribution is 0.404. The molecule has 3 aromatic heterocycles. The van der Waals surface area contributed by atoms with Gasteiger partial charge in [-0.05, 0) is 30.3 Å². The van der Waals surface area contributed by atoms with Crippen molar-refractivity contribution in [2.24, 2.45) is 5.10 Å². The summed E-state index contributed by atoms with van der Waals surface area (Å²) in [5.41, 5.74) is -1.11. The van der Waals surface area contributed by atoms with E-state index in [2.05, 4.69) is 15.1 Å². The molecule has 1 aromatic carbocycles. The highest BCUT2D eigenvalue weighted by Crippen LogP contribution is 2.21. The van der Waals surface area contributed by atoms with E-state index in [1.807, 2.05) is 0 Å². The number of aromatic nitrogens is 3. The number of nitrogens with one attached hydrogen (secondary N) is 2. The Bertz CT molecular complexity index is 1460. The molecule has 138 valence electrons. The molecule has 0 fully saturated rings. The van der Waals surface area contributed by atoms with Crippen molar-refractivity contribution in [3.8, 4) is 0 Å². The standard InChI is InChI=1S/C15H9FN4O6S/c16-7-1-3-10-9(5-7)12-13(18-10)14(21)20(15(22)19-12)17-6-8-2-4-11(26-8)27(23,24)25/h1-6,18H,(H,19,22)(H,23,24,25)/b17-6-. The van der Waals surface area contributed by atoms with Crippen LogP contribution in [0.25, 0.3) is 21.9 Å². The molecule has 3 N–H and O–H groups in total. The fourth-order valence-corrected chi connectivity index (χ4v) is 3.02. The van der Waals surface area contributed by atoms with E-state index in [1.54, 1.807) is 0 Å². The number of aromatic amines is 2.